The predicted octanol–water partition coefficient (Wildman–Crippen LogP) is 9.90. The molecule has 0 fully saturated rings. The molecular formula is C40H74N2O6P+. The summed E-state index contributed by atoms with van der Waals surface area (Å²) in [7, 11) is 1.55. The first-order valence-electron chi connectivity index (χ1n) is 19.2. The van der Waals surface area contributed by atoms with Crippen LogP contribution in [0.3, 0.4) is 0 Å². The number of nitrogens with one attached hydrogen (secondary N) is 1. The summed E-state index contributed by atoms with van der Waals surface area (Å²) in [5.74, 6) is -0.196. The van der Waals surface area contributed by atoms with Crippen LogP contribution in [-0.4, -0.2) is 73.4 Å². The Bertz CT molecular complexity index is 986. The molecule has 49 heavy (non-hydrogen) atoms. The number of aliphatic hydroxyl groups is 1. The highest BCUT2D eigenvalue weighted by Gasteiger charge is 2.27. The van der Waals surface area contributed by atoms with E-state index in [2.05, 4.69) is 67.8 Å². The summed E-state index contributed by atoms with van der Waals surface area (Å²) in [6.45, 7) is 4.58. The Morgan fingerprint density at radius 2 is 1.22 bits per heavy atom. The number of carbonyl (C=O) groups excluding carboxylic acids is 1. The lowest BCUT2D eigenvalue weighted by molar-refractivity contribution is -0.870. The van der Waals surface area contributed by atoms with Gasteiger partial charge in [0.05, 0.1) is 39.9 Å². The number of likely N-dealkylation sites (N-methyl/N-ethyl adjacent to an activating group) is 1. The second-order valence-corrected chi connectivity index (χ2v) is 15.4. The van der Waals surface area contributed by atoms with Crippen molar-refractivity contribution in [2.75, 3.05) is 40.9 Å². The van der Waals surface area contributed by atoms with Crippen LogP contribution in [0.25, 0.3) is 0 Å². The SMILES string of the molecule is CC/C=C\C/C=C\C/C=C\C/C=C\CCCCCCCCCCC(=O)NC(COP(=O)(O)OCC[N+](C)(C)C)C(O)/C=C/CCCCCC. The Labute approximate surface area is 301 Å². The van der Waals surface area contributed by atoms with Gasteiger partial charge < -0.3 is 19.8 Å². The number of allylic oxidation sites excluding steroid dienone is 9. The van der Waals surface area contributed by atoms with Crippen LogP contribution < -0.4 is 5.32 Å². The van der Waals surface area contributed by atoms with E-state index in [1.165, 1.54) is 38.5 Å². The lowest BCUT2D eigenvalue weighted by Crippen LogP contribution is -2.45. The van der Waals surface area contributed by atoms with E-state index < -0.39 is 20.0 Å². The maximum absolute atomic E-state index is 12.7. The monoisotopic (exact) mass is 710 g/mol. The molecule has 3 atom stereocenters. The Kier molecular flexibility index (Phi) is 31.0. The third-order valence-corrected chi connectivity index (χ3v) is 8.98. The molecule has 0 aromatic carbocycles. The summed E-state index contributed by atoms with van der Waals surface area (Å²) in [5, 5.41) is 13.6. The largest absolute Gasteiger partial charge is 0.472 e. The number of phosphoric ester groups is 1. The molecule has 8 nitrogen and oxygen atoms in total. The fourth-order valence-electron chi connectivity index (χ4n) is 4.91. The summed E-state index contributed by atoms with van der Waals surface area (Å²) in [5.41, 5.74) is 0. The number of rotatable bonds is 33. The third kappa shape index (κ3) is 34.4. The van der Waals surface area contributed by atoms with Crippen LogP contribution in [-0.2, 0) is 18.4 Å². The minimum atomic E-state index is -4.32. The van der Waals surface area contributed by atoms with Crippen molar-refractivity contribution in [2.24, 2.45) is 0 Å². The van der Waals surface area contributed by atoms with Crippen molar-refractivity contribution in [3.05, 3.63) is 60.8 Å². The minimum absolute atomic E-state index is 0.0561. The first-order valence-corrected chi connectivity index (χ1v) is 20.7. The average molecular weight is 710 g/mol. The molecule has 0 bridgehead atoms. The Hall–Kier alpha value is -1.80. The number of phosphoric acid groups is 1. The summed E-state index contributed by atoms with van der Waals surface area (Å²) < 4.78 is 23.3. The van der Waals surface area contributed by atoms with Crippen LogP contribution in [0.15, 0.2) is 60.8 Å². The van der Waals surface area contributed by atoms with Crippen molar-refractivity contribution in [3.8, 4) is 0 Å². The molecule has 0 aliphatic carbocycles. The number of aliphatic hydroxyl groups excluding tert-OH is 1. The number of unbranched alkanes of at least 4 members (excludes halogenated alkanes) is 12. The third-order valence-electron chi connectivity index (χ3n) is 7.99. The van der Waals surface area contributed by atoms with Gasteiger partial charge in [-0.25, -0.2) is 4.57 Å². The molecular weight excluding hydrogens is 635 g/mol. The van der Waals surface area contributed by atoms with Crippen LogP contribution in [0.1, 0.15) is 136 Å². The quantitative estimate of drug-likeness (QED) is 0.0271. The maximum Gasteiger partial charge on any atom is 0.472 e. The zero-order valence-electron chi connectivity index (χ0n) is 31.9. The van der Waals surface area contributed by atoms with Gasteiger partial charge in [0, 0.05) is 6.42 Å². The zero-order valence-corrected chi connectivity index (χ0v) is 32.8. The van der Waals surface area contributed by atoms with Crippen LogP contribution >= 0.6 is 7.82 Å². The van der Waals surface area contributed by atoms with Crippen molar-refractivity contribution < 1.29 is 32.9 Å². The fraction of sp³-hybridized carbons (Fsp3) is 0.725. The van der Waals surface area contributed by atoms with Gasteiger partial charge in [0.2, 0.25) is 5.91 Å². The van der Waals surface area contributed by atoms with Crippen LogP contribution in [0.4, 0.5) is 0 Å². The first kappa shape index (κ1) is 47.2. The molecule has 0 spiro atoms. The average Bonchev–Trinajstić information content (AvgIpc) is 3.04. The molecule has 0 aromatic heterocycles. The second kappa shape index (κ2) is 32.1. The van der Waals surface area contributed by atoms with Crippen LogP contribution in [0, 0.1) is 0 Å². The van der Waals surface area contributed by atoms with Crippen molar-refractivity contribution in [1.29, 1.82) is 0 Å². The fourth-order valence-corrected chi connectivity index (χ4v) is 5.65. The topological polar surface area (TPSA) is 105 Å². The van der Waals surface area contributed by atoms with Gasteiger partial charge in [-0.1, -0.05) is 132 Å². The number of hydrogen-bond donors (Lipinski definition) is 3. The van der Waals surface area contributed by atoms with Gasteiger partial charge in [-0.3, -0.25) is 13.8 Å². The van der Waals surface area contributed by atoms with Gasteiger partial charge in [-0.2, -0.15) is 0 Å². The lowest BCUT2D eigenvalue weighted by atomic mass is 10.1. The molecule has 0 saturated heterocycles. The molecule has 0 heterocycles. The summed E-state index contributed by atoms with van der Waals surface area (Å²) >= 11 is 0. The van der Waals surface area contributed by atoms with Gasteiger partial charge in [-0.15, -0.1) is 0 Å². The molecule has 0 rings (SSSR count). The maximum atomic E-state index is 12.7. The van der Waals surface area contributed by atoms with E-state index in [1.54, 1.807) is 6.08 Å². The number of quaternary nitrogens is 1. The van der Waals surface area contributed by atoms with E-state index in [0.717, 1.165) is 77.0 Å². The molecule has 9 heteroatoms. The zero-order chi connectivity index (χ0) is 36.5. The van der Waals surface area contributed by atoms with E-state index in [4.69, 9.17) is 9.05 Å². The van der Waals surface area contributed by atoms with Gasteiger partial charge in [0.25, 0.3) is 0 Å². The molecule has 0 aliphatic rings. The van der Waals surface area contributed by atoms with Gasteiger partial charge in [0.15, 0.2) is 0 Å². The number of carbonyl (C=O) groups is 1. The second-order valence-electron chi connectivity index (χ2n) is 13.9. The first-order chi connectivity index (χ1) is 23.5. The molecule has 0 aromatic rings. The molecule has 0 saturated carbocycles. The van der Waals surface area contributed by atoms with Gasteiger partial charge >= 0.3 is 7.82 Å². The summed E-state index contributed by atoms with van der Waals surface area (Å²) in [6, 6.07) is -0.849. The van der Waals surface area contributed by atoms with Crippen molar-refractivity contribution in [3.63, 3.8) is 0 Å². The number of hydrogen-bond acceptors (Lipinski definition) is 5. The Morgan fingerprint density at radius 3 is 1.80 bits per heavy atom. The minimum Gasteiger partial charge on any atom is -0.387 e. The smallest absolute Gasteiger partial charge is 0.387 e. The predicted molar refractivity (Wildman–Crippen MR) is 207 cm³/mol. The Morgan fingerprint density at radius 1 is 0.714 bits per heavy atom. The highest BCUT2D eigenvalue weighted by Crippen LogP contribution is 2.43. The van der Waals surface area contributed by atoms with E-state index in [1.807, 2.05) is 27.2 Å². The summed E-state index contributed by atoms with van der Waals surface area (Å²) in [4.78, 5) is 22.9. The van der Waals surface area contributed by atoms with Gasteiger partial charge in [0.1, 0.15) is 13.2 Å². The standard InChI is InChI=1S/C40H73N2O6P/c1-6-8-10-12-14-15-16-17-18-19-20-21-22-23-24-25-26-27-28-30-32-34-40(44)41-38(39(43)33-31-29-13-11-9-7-2)37-48-49(45,46)47-36-35-42(3,4)5/h8,10,14-15,17-18,20-21,31,33,38-39,43H,6-7,9,11-13,16,19,22-30,32,34-37H2,1-5H3,(H-,41,44,45,46)/p+1/b10-8-,15-14-,18-17-,21-20-,33-31+. The molecule has 3 N–H and O–H groups in total. The van der Waals surface area contributed by atoms with E-state index >= 15 is 0 Å². The number of amides is 1. The van der Waals surface area contributed by atoms with E-state index in [0.29, 0.717) is 17.4 Å². The van der Waals surface area contributed by atoms with Crippen molar-refractivity contribution in [2.45, 2.75) is 148 Å². The van der Waals surface area contributed by atoms with Crippen molar-refractivity contribution >= 4 is 13.7 Å². The normalized spacial score (nSPS) is 15.3. The number of nitrogens with zero attached hydrogens (tertiary/aromatic N) is 1. The van der Waals surface area contributed by atoms with Crippen LogP contribution in [0.5, 0.6) is 0 Å². The highest BCUT2D eigenvalue weighted by atomic mass is 31.2. The molecule has 0 radical (unpaired) electrons. The van der Waals surface area contributed by atoms with E-state index in [9.17, 15) is 19.4 Å². The van der Waals surface area contributed by atoms with Crippen molar-refractivity contribution in [1.82, 2.24) is 5.32 Å². The Balaban J connectivity index is 4.27. The van der Waals surface area contributed by atoms with Gasteiger partial charge in [-0.05, 0) is 57.8 Å². The summed E-state index contributed by atoms with van der Waals surface area (Å²) in [6.07, 6.45) is 40.3. The highest BCUT2D eigenvalue weighted by molar-refractivity contribution is 7.47. The molecule has 0 aliphatic heterocycles. The lowest BCUT2D eigenvalue weighted by Gasteiger charge is -2.25. The molecule has 1 amide bonds. The molecule has 3 unspecified atom stereocenters. The van der Waals surface area contributed by atoms with E-state index in [-0.39, 0.29) is 19.1 Å². The molecule has 284 valence electrons. The van der Waals surface area contributed by atoms with Crippen LogP contribution in [0.2, 0.25) is 0 Å².